The van der Waals surface area contributed by atoms with Gasteiger partial charge in [-0.05, 0) is 31.3 Å². The summed E-state index contributed by atoms with van der Waals surface area (Å²) in [6.45, 7) is 1.65. The lowest BCUT2D eigenvalue weighted by molar-refractivity contribution is 0.296. The zero-order valence-electron chi connectivity index (χ0n) is 13.5. The summed E-state index contributed by atoms with van der Waals surface area (Å²) in [7, 11) is -1.57. The monoisotopic (exact) mass is 397 g/mol. The Morgan fingerprint density at radius 1 is 1.12 bits per heavy atom. The number of sulfone groups is 1. The highest BCUT2D eigenvalue weighted by Crippen LogP contribution is 2.37. The van der Waals surface area contributed by atoms with Gasteiger partial charge in [-0.15, -0.1) is 12.4 Å². The maximum absolute atomic E-state index is 12.9. The van der Waals surface area contributed by atoms with Gasteiger partial charge in [0.1, 0.15) is 5.76 Å². The maximum atomic E-state index is 12.9. The molecule has 0 fully saturated rings. The van der Waals surface area contributed by atoms with Crippen LogP contribution in [-0.2, 0) is 22.8 Å². The van der Waals surface area contributed by atoms with Crippen LogP contribution < -0.4 is 0 Å². The molecule has 1 aliphatic rings. The van der Waals surface area contributed by atoms with Gasteiger partial charge in [0.05, 0.1) is 14.8 Å². The minimum Gasteiger partial charge on any atom is -0.459 e. The Morgan fingerprint density at radius 3 is 2.56 bits per heavy atom. The molecular formula is C18H17Cl2NO3S. The summed E-state index contributed by atoms with van der Waals surface area (Å²) in [6, 6.07) is 11.6. The van der Waals surface area contributed by atoms with Gasteiger partial charge < -0.3 is 9.32 Å². The van der Waals surface area contributed by atoms with E-state index >= 15 is 0 Å². The standard InChI is InChI=1S/C18H16ClNO3S.ClH/c1-20-8-7-17-15(11-20)14-9-13(10-16(19)18(14)23-17)24(21,22)12-5-3-2-4-6-12;/h2-6,9-10H,7-8,11H2,1H3;1H. The third-order valence-electron chi connectivity index (χ3n) is 4.42. The van der Waals surface area contributed by atoms with E-state index in [4.69, 9.17) is 16.0 Å². The number of likely N-dealkylation sites (N-methyl/N-ethyl adjacent to an activating group) is 1. The van der Waals surface area contributed by atoms with E-state index in [9.17, 15) is 8.42 Å². The lowest BCUT2D eigenvalue weighted by Crippen LogP contribution is -2.25. The van der Waals surface area contributed by atoms with Crippen LogP contribution >= 0.6 is 24.0 Å². The smallest absolute Gasteiger partial charge is 0.206 e. The van der Waals surface area contributed by atoms with Crippen LogP contribution in [0.25, 0.3) is 11.0 Å². The molecule has 0 N–H and O–H groups in total. The molecule has 7 heteroatoms. The van der Waals surface area contributed by atoms with Crippen LogP contribution in [0.3, 0.4) is 0 Å². The minimum absolute atomic E-state index is 0. The second-order valence-electron chi connectivity index (χ2n) is 6.09. The van der Waals surface area contributed by atoms with Crippen molar-refractivity contribution in [2.75, 3.05) is 13.6 Å². The van der Waals surface area contributed by atoms with Gasteiger partial charge in [0.15, 0.2) is 5.58 Å². The number of nitrogens with zero attached hydrogens (tertiary/aromatic N) is 1. The van der Waals surface area contributed by atoms with Crippen molar-refractivity contribution < 1.29 is 12.8 Å². The molecule has 0 radical (unpaired) electrons. The minimum atomic E-state index is -3.61. The van der Waals surface area contributed by atoms with Gasteiger partial charge in [-0.25, -0.2) is 8.42 Å². The molecule has 0 unspecified atom stereocenters. The maximum Gasteiger partial charge on any atom is 0.206 e. The third-order valence-corrected chi connectivity index (χ3v) is 6.45. The predicted molar refractivity (Wildman–Crippen MR) is 100 cm³/mol. The Balaban J connectivity index is 0.00000182. The molecule has 1 aromatic heterocycles. The normalized spacial score (nSPS) is 15.0. The van der Waals surface area contributed by atoms with Crippen molar-refractivity contribution in [2.45, 2.75) is 22.8 Å². The number of furan rings is 1. The lowest BCUT2D eigenvalue weighted by Gasteiger charge is -2.21. The van der Waals surface area contributed by atoms with E-state index in [0.29, 0.717) is 10.6 Å². The third kappa shape index (κ3) is 3.06. The average molecular weight is 398 g/mol. The van der Waals surface area contributed by atoms with Crippen LogP contribution in [0.4, 0.5) is 0 Å². The molecule has 132 valence electrons. The Hall–Kier alpha value is -1.53. The Kier molecular flexibility index (Phi) is 4.86. The molecule has 25 heavy (non-hydrogen) atoms. The molecule has 0 saturated carbocycles. The number of hydrogen-bond donors (Lipinski definition) is 0. The summed E-state index contributed by atoms with van der Waals surface area (Å²) in [5.74, 6) is 0.902. The molecule has 0 saturated heterocycles. The van der Waals surface area contributed by atoms with Gasteiger partial charge in [-0.2, -0.15) is 0 Å². The Bertz CT molecular complexity index is 1030. The van der Waals surface area contributed by atoms with Gasteiger partial charge in [0, 0.05) is 30.5 Å². The molecule has 4 nitrogen and oxygen atoms in total. The van der Waals surface area contributed by atoms with Crippen molar-refractivity contribution >= 4 is 44.8 Å². The van der Waals surface area contributed by atoms with Crippen LogP contribution in [-0.4, -0.2) is 26.9 Å². The molecule has 0 aliphatic carbocycles. The van der Waals surface area contributed by atoms with E-state index in [1.165, 1.54) is 6.07 Å². The van der Waals surface area contributed by atoms with Gasteiger partial charge >= 0.3 is 0 Å². The predicted octanol–water partition coefficient (Wildman–Crippen LogP) is 4.33. The number of benzene rings is 2. The molecule has 0 spiro atoms. The van der Waals surface area contributed by atoms with E-state index in [1.54, 1.807) is 36.4 Å². The first-order chi connectivity index (χ1) is 11.5. The largest absolute Gasteiger partial charge is 0.459 e. The fraction of sp³-hybridized carbons (Fsp3) is 0.222. The van der Waals surface area contributed by atoms with E-state index in [2.05, 4.69) is 4.90 Å². The summed E-state index contributed by atoms with van der Waals surface area (Å²) in [5, 5.41) is 1.12. The second kappa shape index (κ2) is 6.65. The SMILES string of the molecule is CN1CCc2oc3c(Cl)cc(S(=O)(=O)c4ccccc4)cc3c2C1.Cl. The van der Waals surface area contributed by atoms with E-state index in [1.807, 2.05) is 7.05 Å². The molecular weight excluding hydrogens is 381 g/mol. The fourth-order valence-corrected chi connectivity index (χ4v) is 4.80. The molecule has 2 heterocycles. The highest BCUT2D eigenvalue weighted by molar-refractivity contribution is 7.91. The van der Waals surface area contributed by atoms with E-state index in [0.717, 1.165) is 36.2 Å². The van der Waals surface area contributed by atoms with Crippen LogP contribution in [0, 0.1) is 0 Å². The van der Waals surface area contributed by atoms with Gasteiger partial charge in [-0.3, -0.25) is 0 Å². The molecule has 0 amide bonds. The van der Waals surface area contributed by atoms with Crippen molar-refractivity contribution in [3.63, 3.8) is 0 Å². The lowest BCUT2D eigenvalue weighted by atomic mass is 10.1. The number of fused-ring (bicyclic) bond motifs is 3. The molecule has 0 bridgehead atoms. The number of hydrogen-bond acceptors (Lipinski definition) is 4. The number of halogens is 2. The molecule has 1 aliphatic heterocycles. The van der Waals surface area contributed by atoms with Crippen molar-refractivity contribution in [3.05, 3.63) is 58.8 Å². The zero-order valence-corrected chi connectivity index (χ0v) is 15.9. The summed E-state index contributed by atoms with van der Waals surface area (Å²) < 4.78 is 31.7. The summed E-state index contributed by atoms with van der Waals surface area (Å²) in [4.78, 5) is 2.64. The second-order valence-corrected chi connectivity index (χ2v) is 8.45. The highest BCUT2D eigenvalue weighted by atomic mass is 35.5. The van der Waals surface area contributed by atoms with Gasteiger partial charge in [0.2, 0.25) is 9.84 Å². The molecule has 4 rings (SSSR count). The van der Waals surface area contributed by atoms with Gasteiger partial charge in [0.25, 0.3) is 0 Å². The fourth-order valence-electron chi connectivity index (χ4n) is 3.14. The topological polar surface area (TPSA) is 50.5 Å². The van der Waals surface area contributed by atoms with Crippen molar-refractivity contribution in [1.29, 1.82) is 0 Å². The van der Waals surface area contributed by atoms with Crippen LogP contribution in [0.5, 0.6) is 0 Å². The van der Waals surface area contributed by atoms with Crippen molar-refractivity contribution in [1.82, 2.24) is 4.90 Å². The average Bonchev–Trinajstić information content (AvgIpc) is 2.94. The van der Waals surface area contributed by atoms with Crippen LogP contribution in [0.2, 0.25) is 5.02 Å². The summed E-state index contributed by atoms with van der Waals surface area (Å²) in [5.41, 5.74) is 1.61. The van der Waals surface area contributed by atoms with Crippen LogP contribution in [0.1, 0.15) is 11.3 Å². The molecule has 0 atom stereocenters. The highest BCUT2D eigenvalue weighted by Gasteiger charge is 2.25. The Labute approximate surface area is 157 Å². The molecule has 3 aromatic rings. The van der Waals surface area contributed by atoms with E-state index < -0.39 is 9.84 Å². The van der Waals surface area contributed by atoms with Crippen molar-refractivity contribution in [3.8, 4) is 0 Å². The first-order valence-corrected chi connectivity index (χ1v) is 9.55. The first-order valence-electron chi connectivity index (χ1n) is 7.69. The summed E-state index contributed by atoms with van der Waals surface area (Å²) in [6.07, 6.45) is 0.803. The Morgan fingerprint density at radius 2 is 1.84 bits per heavy atom. The van der Waals surface area contributed by atoms with Crippen molar-refractivity contribution in [2.24, 2.45) is 0 Å². The first kappa shape index (κ1) is 18.3. The zero-order chi connectivity index (χ0) is 16.9. The van der Waals surface area contributed by atoms with E-state index in [-0.39, 0.29) is 22.2 Å². The van der Waals surface area contributed by atoms with Crippen LogP contribution in [0.15, 0.2) is 56.7 Å². The molecule has 2 aromatic carbocycles. The quantitative estimate of drug-likeness (QED) is 0.645. The van der Waals surface area contributed by atoms with Gasteiger partial charge in [-0.1, -0.05) is 29.8 Å². The summed E-state index contributed by atoms with van der Waals surface area (Å²) >= 11 is 6.34. The number of rotatable bonds is 2.